The molecular weight excluding hydrogens is 424 g/mol. The van der Waals surface area contributed by atoms with Crippen molar-refractivity contribution < 1.29 is 0 Å². The van der Waals surface area contributed by atoms with E-state index in [9.17, 15) is 0 Å². The molecule has 0 fully saturated rings. The first-order chi connectivity index (χ1) is 16.4. The van der Waals surface area contributed by atoms with E-state index in [1.54, 1.807) is 11.3 Å². The number of rotatable bonds is 3. The first-order valence-corrected chi connectivity index (χ1v) is 11.7. The molecule has 0 unspecified atom stereocenters. The Balaban J connectivity index is 1.63. The van der Waals surface area contributed by atoms with Crippen LogP contribution in [0.15, 0.2) is 109 Å². The molecular formula is C28H18N4S. The number of aromatic nitrogens is 4. The maximum absolute atomic E-state index is 4.76. The summed E-state index contributed by atoms with van der Waals surface area (Å²) < 4.78 is 5.70. The Kier molecular flexibility index (Phi) is 3.98. The fourth-order valence-corrected chi connectivity index (χ4v) is 5.66. The first kappa shape index (κ1) is 18.4. The van der Waals surface area contributed by atoms with Crippen molar-refractivity contribution in [2.24, 2.45) is 0 Å². The molecule has 33 heavy (non-hydrogen) atoms. The van der Waals surface area contributed by atoms with Gasteiger partial charge in [0.05, 0.1) is 16.7 Å². The van der Waals surface area contributed by atoms with E-state index in [-0.39, 0.29) is 0 Å². The van der Waals surface area contributed by atoms with Crippen molar-refractivity contribution in [2.45, 2.75) is 0 Å². The highest BCUT2D eigenvalue weighted by molar-refractivity contribution is 7.18. The van der Waals surface area contributed by atoms with Crippen molar-refractivity contribution in [1.29, 1.82) is 0 Å². The predicted molar refractivity (Wildman–Crippen MR) is 137 cm³/mol. The zero-order valence-corrected chi connectivity index (χ0v) is 18.4. The number of nitrogens with zero attached hydrogens (tertiary/aromatic N) is 4. The first-order valence-electron chi connectivity index (χ1n) is 10.9. The summed E-state index contributed by atoms with van der Waals surface area (Å²) in [5, 5.41) is 15.4. The summed E-state index contributed by atoms with van der Waals surface area (Å²) in [7, 11) is 0. The third-order valence-corrected chi connectivity index (χ3v) is 7.09. The van der Waals surface area contributed by atoms with Crippen LogP contribution in [0.1, 0.15) is 0 Å². The lowest BCUT2D eigenvalue weighted by Gasteiger charge is -2.13. The minimum Gasteiger partial charge on any atom is -0.278 e. The summed E-state index contributed by atoms with van der Waals surface area (Å²) in [4.78, 5) is 0. The van der Waals surface area contributed by atoms with E-state index < -0.39 is 0 Å². The number of para-hydroxylation sites is 2. The fourth-order valence-electron chi connectivity index (χ4n) is 4.70. The summed E-state index contributed by atoms with van der Waals surface area (Å²) in [6.45, 7) is 0. The van der Waals surface area contributed by atoms with Crippen LogP contribution in [0.2, 0.25) is 0 Å². The molecule has 4 nitrogen and oxygen atoms in total. The molecule has 0 radical (unpaired) electrons. The van der Waals surface area contributed by atoms with E-state index in [4.69, 9.17) is 5.10 Å². The molecule has 0 aliphatic rings. The Hall–Kier alpha value is -4.22. The Labute approximate surface area is 194 Å². The van der Waals surface area contributed by atoms with Crippen LogP contribution in [-0.2, 0) is 0 Å². The lowest BCUT2D eigenvalue weighted by Crippen LogP contribution is -2.06. The Morgan fingerprint density at radius 3 is 2.21 bits per heavy atom. The van der Waals surface area contributed by atoms with Gasteiger partial charge in [-0.2, -0.15) is 0 Å². The smallest absolute Gasteiger partial charge is 0.241 e. The molecule has 0 aliphatic carbocycles. The molecule has 0 atom stereocenters. The Morgan fingerprint density at radius 2 is 1.36 bits per heavy atom. The molecule has 3 heterocycles. The Morgan fingerprint density at radius 1 is 0.606 bits per heavy atom. The number of hydrogen-bond acceptors (Lipinski definition) is 3. The van der Waals surface area contributed by atoms with Crippen molar-refractivity contribution >= 4 is 43.2 Å². The van der Waals surface area contributed by atoms with Gasteiger partial charge in [-0.1, -0.05) is 72.8 Å². The molecule has 156 valence electrons. The van der Waals surface area contributed by atoms with Crippen molar-refractivity contribution in [3.63, 3.8) is 0 Å². The van der Waals surface area contributed by atoms with Gasteiger partial charge >= 0.3 is 0 Å². The van der Waals surface area contributed by atoms with E-state index in [1.165, 1.54) is 20.9 Å². The molecule has 0 spiro atoms. The van der Waals surface area contributed by atoms with Crippen LogP contribution in [0.25, 0.3) is 54.9 Å². The average Bonchev–Trinajstić information content (AvgIpc) is 3.60. The van der Waals surface area contributed by atoms with Gasteiger partial charge < -0.3 is 0 Å². The summed E-state index contributed by atoms with van der Waals surface area (Å²) >= 11 is 1.79. The number of thiophene rings is 1. The van der Waals surface area contributed by atoms with Crippen LogP contribution >= 0.6 is 11.3 Å². The zero-order chi connectivity index (χ0) is 21.8. The average molecular weight is 443 g/mol. The fraction of sp³-hybridized carbons (Fsp3) is 0. The third-order valence-electron chi connectivity index (χ3n) is 6.15. The van der Waals surface area contributed by atoms with Gasteiger partial charge in [-0.3, -0.25) is 9.13 Å². The van der Waals surface area contributed by atoms with Crippen LogP contribution < -0.4 is 0 Å². The van der Waals surface area contributed by atoms with E-state index in [2.05, 4.69) is 98.5 Å². The van der Waals surface area contributed by atoms with Gasteiger partial charge in [0.1, 0.15) is 0 Å². The normalized spacial score (nSPS) is 11.6. The summed E-state index contributed by atoms with van der Waals surface area (Å²) in [6.07, 6.45) is 0. The predicted octanol–water partition coefficient (Wildman–Crippen LogP) is 7.25. The second-order valence-corrected chi connectivity index (χ2v) is 8.93. The van der Waals surface area contributed by atoms with Gasteiger partial charge in [0, 0.05) is 21.0 Å². The molecule has 4 aromatic carbocycles. The lowest BCUT2D eigenvalue weighted by atomic mass is 10.1. The van der Waals surface area contributed by atoms with Crippen LogP contribution in [0, 0.1) is 0 Å². The van der Waals surface area contributed by atoms with Crippen molar-refractivity contribution in [3.05, 3.63) is 109 Å². The van der Waals surface area contributed by atoms with Crippen molar-refractivity contribution in [3.8, 4) is 23.0 Å². The summed E-state index contributed by atoms with van der Waals surface area (Å²) in [6, 6.07) is 35.7. The van der Waals surface area contributed by atoms with Crippen molar-refractivity contribution in [1.82, 2.24) is 19.3 Å². The number of hydrogen-bond donors (Lipinski definition) is 0. The second-order valence-electron chi connectivity index (χ2n) is 8.01. The van der Waals surface area contributed by atoms with Gasteiger partial charge in [-0.25, -0.2) is 0 Å². The van der Waals surface area contributed by atoms with Crippen LogP contribution in [-0.4, -0.2) is 19.3 Å². The monoisotopic (exact) mass is 442 g/mol. The highest BCUT2D eigenvalue weighted by Gasteiger charge is 2.22. The molecule has 0 bridgehead atoms. The minimum atomic E-state index is 0.780. The van der Waals surface area contributed by atoms with E-state index in [0.29, 0.717) is 0 Å². The van der Waals surface area contributed by atoms with Gasteiger partial charge in [-0.15, -0.1) is 21.5 Å². The number of benzene rings is 4. The lowest BCUT2D eigenvalue weighted by molar-refractivity contribution is 0.933. The minimum absolute atomic E-state index is 0.780. The molecule has 3 aromatic heterocycles. The molecule has 7 aromatic rings. The molecule has 0 saturated heterocycles. The summed E-state index contributed by atoms with van der Waals surface area (Å²) in [5.74, 6) is 1.60. The molecule has 5 heteroatoms. The zero-order valence-electron chi connectivity index (χ0n) is 17.6. The molecule has 7 rings (SSSR count). The van der Waals surface area contributed by atoms with E-state index in [1.807, 2.05) is 24.3 Å². The van der Waals surface area contributed by atoms with Gasteiger partial charge in [0.2, 0.25) is 5.95 Å². The quantitative estimate of drug-likeness (QED) is 0.289. The largest absolute Gasteiger partial charge is 0.278 e. The van der Waals surface area contributed by atoms with Gasteiger partial charge in [-0.05, 0) is 41.1 Å². The topological polar surface area (TPSA) is 35.6 Å². The van der Waals surface area contributed by atoms with Crippen LogP contribution in [0.4, 0.5) is 0 Å². The van der Waals surface area contributed by atoms with E-state index >= 15 is 0 Å². The third kappa shape index (κ3) is 2.69. The molecule has 0 amide bonds. The SMILES string of the molecule is c1ccc(-c2nnc(-n3c4ccccc4c4c5sccc5ccc43)n2-c2ccccc2)cc1. The van der Waals surface area contributed by atoms with Crippen LogP contribution in [0.3, 0.4) is 0 Å². The number of fused-ring (bicyclic) bond motifs is 5. The summed E-state index contributed by atoms with van der Waals surface area (Å²) in [5.41, 5.74) is 4.31. The highest BCUT2D eigenvalue weighted by atomic mass is 32.1. The molecule has 0 N–H and O–H groups in total. The Bertz CT molecular complexity index is 1760. The highest BCUT2D eigenvalue weighted by Crippen LogP contribution is 2.39. The molecule has 0 saturated carbocycles. The maximum Gasteiger partial charge on any atom is 0.241 e. The van der Waals surface area contributed by atoms with Crippen molar-refractivity contribution in [2.75, 3.05) is 0 Å². The molecule has 0 aliphatic heterocycles. The standard InChI is InChI=1S/C28H18N4S/c1-3-9-20(10-4-1)27-29-30-28(31(27)21-11-5-2-6-12-21)32-23-14-8-7-13-22(23)25-24(32)16-15-19-17-18-33-26(19)25/h1-18H. The second kappa shape index (κ2) is 7.15. The van der Waals surface area contributed by atoms with Gasteiger partial charge in [0.25, 0.3) is 0 Å². The van der Waals surface area contributed by atoms with Gasteiger partial charge in [0.15, 0.2) is 5.82 Å². The van der Waals surface area contributed by atoms with Crippen LogP contribution in [0.5, 0.6) is 0 Å². The maximum atomic E-state index is 4.76. The van der Waals surface area contributed by atoms with E-state index in [0.717, 1.165) is 34.1 Å².